The van der Waals surface area contributed by atoms with Gasteiger partial charge in [-0.15, -0.1) is 0 Å². The Labute approximate surface area is 200 Å². The molecule has 0 radical (unpaired) electrons. The lowest BCUT2D eigenvalue weighted by atomic mass is 9.95. The lowest BCUT2D eigenvalue weighted by Crippen LogP contribution is -2.36. The summed E-state index contributed by atoms with van der Waals surface area (Å²) in [7, 11) is 0. The van der Waals surface area contributed by atoms with Gasteiger partial charge in [0, 0.05) is 17.8 Å². The highest BCUT2D eigenvalue weighted by atomic mass is 16.6. The maximum atomic E-state index is 12.6. The minimum absolute atomic E-state index is 0.0153. The Bertz CT molecular complexity index is 1040. The first kappa shape index (κ1) is 23.7. The van der Waals surface area contributed by atoms with E-state index in [0.717, 1.165) is 24.0 Å². The quantitative estimate of drug-likeness (QED) is 0.561. The molecule has 8 heteroatoms. The summed E-state index contributed by atoms with van der Waals surface area (Å²) in [6, 6.07) is 9.30. The number of allylic oxidation sites excluding steroid dienone is 1. The Hall–Kier alpha value is -3.42. The lowest BCUT2D eigenvalue weighted by Gasteiger charge is -2.23. The van der Waals surface area contributed by atoms with Crippen LogP contribution in [0.15, 0.2) is 48.2 Å². The largest absolute Gasteiger partial charge is 0.447 e. The van der Waals surface area contributed by atoms with E-state index in [2.05, 4.69) is 20.6 Å². The van der Waals surface area contributed by atoms with Crippen LogP contribution in [0.5, 0.6) is 0 Å². The van der Waals surface area contributed by atoms with Gasteiger partial charge in [0.25, 0.3) is 5.91 Å². The highest BCUT2D eigenvalue weighted by Crippen LogP contribution is 2.25. The van der Waals surface area contributed by atoms with E-state index in [9.17, 15) is 9.59 Å². The molecular weight excluding hydrogens is 430 g/mol. The number of cyclic esters (lactones) is 1. The number of rotatable bonds is 7. The van der Waals surface area contributed by atoms with Crippen molar-refractivity contribution < 1.29 is 14.3 Å². The van der Waals surface area contributed by atoms with Crippen LogP contribution in [0.4, 0.5) is 16.6 Å². The molecule has 1 aliphatic carbocycles. The molecule has 1 aliphatic heterocycles. The summed E-state index contributed by atoms with van der Waals surface area (Å²) in [5.41, 5.74) is 2.77. The Morgan fingerprint density at radius 2 is 1.88 bits per heavy atom. The Balaban J connectivity index is 1.41. The topological polar surface area (TPSA) is 96.5 Å². The van der Waals surface area contributed by atoms with Gasteiger partial charge in [-0.1, -0.05) is 43.0 Å². The van der Waals surface area contributed by atoms with Crippen LogP contribution in [0.1, 0.15) is 74.8 Å². The zero-order chi connectivity index (χ0) is 24.1. The first-order valence-electron chi connectivity index (χ1n) is 12.0. The summed E-state index contributed by atoms with van der Waals surface area (Å²) in [5.74, 6) is 0.891. The lowest BCUT2D eigenvalue weighted by molar-refractivity contribution is 0.0927. The average Bonchev–Trinajstić information content (AvgIpc) is 3.19. The molecule has 0 bridgehead atoms. The highest BCUT2D eigenvalue weighted by molar-refractivity contribution is 5.94. The molecule has 2 amide bonds. The van der Waals surface area contributed by atoms with E-state index in [-0.39, 0.29) is 24.0 Å². The number of carbonyl (C=O) groups excluding carboxylic acids is 2. The fraction of sp³-hybridized carbons (Fsp3) is 0.462. The van der Waals surface area contributed by atoms with Gasteiger partial charge in [-0.2, -0.15) is 4.98 Å². The van der Waals surface area contributed by atoms with Crippen LogP contribution >= 0.6 is 0 Å². The molecule has 2 atom stereocenters. The first-order valence-corrected chi connectivity index (χ1v) is 12.0. The van der Waals surface area contributed by atoms with Crippen LogP contribution in [0.25, 0.3) is 0 Å². The zero-order valence-electron chi connectivity index (χ0n) is 20.1. The second-order valence-corrected chi connectivity index (χ2v) is 9.29. The molecule has 2 aromatic rings. The number of aromatic nitrogens is 2. The van der Waals surface area contributed by atoms with Gasteiger partial charge >= 0.3 is 6.09 Å². The molecule has 0 spiro atoms. The molecule has 8 nitrogen and oxygen atoms in total. The first-order chi connectivity index (χ1) is 16.4. The normalized spacial score (nSPS) is 19.3. The van der Waals surface area contributed by atoms with Crippen molar-refractivity contribution in [2.45, 2.75) is 71.0 Å². The van der Waals surface area contributed by atoms with E-state index in [1.807, 2.05) is 51.1 Å². The van der Waals surface area contributed by atoms with E-state index in [4.69, 9.17) is 4.74 Å². The SMILES string of the molecule is CC(C)=C[C@H]1COC(=O)N1c1ccnc(N[C@@H](C)c2ccc(C(=O)NC3CCCCC3)cc2)n1. The summed E-state index contributed by atoms with van der Waals surface area (Å²) in [6.07, 6.45) is 8.97. The molecule has 2 heterocycles. The van der Waals surface area contributed by atoms with Crippen LogP contribution in [-0.2, 0) is 4.74 Å². The zero-order valence-corrected chi connectivity index (χ0v) is 20.1. The maximum absolute atomic E-state index is 12.6. The van der Waals surface area contributed by atoms with Crippen molar-refractivity contribution in [1.29, 1.82) is 0 Å². The summed E-state index contributed by atoms with van der Waals surface area (Å²) in [5, 5.41) is 6.44. The molecule has 2 aliphatic rings. The third kappa shape index (κ3) is 5.73. The monoisotopic (exact) mass is 463 g/mol. The number of amides is 2. The van der Waals surface area contributed by atoms with Crippen LogP contribution in [-0.4, -0.2) is 40.7 Å². The second kappa shape index (κ2) is 10.7. The van der Waals surface area contributed by atoms with Crippen LogP contribution in [0, 0.1) is 0 Å². The number of hydrogen-bond acceptors (Lipinski definition) is 6. The number of hydrogen-bond donors (Lipinski definition) is 2. The van der Waals surface area contributed by atoms with Crippen molar-refractivity contribution in [2.75, 3.05) is 16.8 Å². The fourth-order valence-corrected chi connectivity index (χ4v) is 4.48. The van der Waals surface area contributed by atoms with Crippen LogP contribution < -0.4 is 15.5 Å². The number of benzene rings is 1. The van der Waals surface area contributed by atoms with Gasteiger partial charge in [0.05, 0.1) is 12.1 Å². The van der Waals surface area contributed by atoms with Crippen molar-refractivity contribution in [3.05, 3.63) is 59.3 Å². The number of carbonyl (C=O) groups is 2. The van der Waals surface area contributed by atoms with E-state index >= 15 is 0 Å². The Morgan fingerprint density at radius 3 is 2.59 bits per heavy atom. The third-order valence-corrected chi connectivity index (χ3v) is 6.28. The third-order valence-electron chi connectivity index (χ3n) is 6.28. The van der Waals surface area contributed by atoms with Crippen molar-refractivity contribution in [3.8, 4) is 0 Å². The van der Waals surface area contributed by atoms with E-state index in [0.29, 0.717) is 23.9 Å². The standard InChI is InChI=1S/C26H33N5O3/c1-17(2)15-22-16-34-26(33)31(22)23-13-14-27-25(30-23)28-18(3)19-9-11-20(12-10-19)24(32)29-21-7-5-4-6-8-21/h9-15,18,21-22H,4-8,16H2,1-3H3,(H,29,32)(H,27,28,30)/t18-,22-/m0/s1. The average molecular weight is 464 g/mol. The molecule has 0 unspecified atom stereocenters. The minimum Gasteiger partial charge on any atom is -0.447 e. The molecule has 180 valence electrons. The molecule has 1 saturated carbocycles. The Kier molecular flexibility index (Phi) is 7.45. The molecule has 2 fully saturated rings. The van der Waals surface area contributed by atoms with Crippen LogP contribution in [0.2, 0.25) is 0 Å². The summed E-state index contributed by atoms with van der Waals surface area (Å²) in [6.45, 7) is 6.28. The van der Waals surface area contributed by atoms with Crippen molar-refractivity contribution in [2.24, 2.45) is 0 Å². The predicted octanol–water partition coefficient (Wildman–Crippen LogP) is 5.00. The molecule has 1 aromatic heterocycles. The van der Waals surface area contributed by atoms with Gasteiger partial charge in [0.2, 0.25) is 5.95 Å². The van der Waals surface area contributed by atoms with E-state index < -0.39 is 6.09 Å². The maximum Gasteiger partial charge on any atom is 0.416 e. The van der Waals surface area contributed by atoms with Gasteiger partial charge in [-0.25, -0.2) is 9.78 Å². The fourth-order valence-electron chi connectivity index (χ4n) is 4.48. The Morgan fingerprint density at radius 1 is 1.15 bits per heavy atom. The van der Waals surface area contributed by atoms with Crippen molar-refractivity contribution >= 4 is 23.8 Å². The second-order valence-electron chi connectivity index (χ2n) is 9.29. The van der Waals surface area contributed by atoms with Gasteiger partial charge in [-0.05, 0) is 57.4 Å². The van der Waals surface area contributed by atoms with Gasteiger partial charge in [0.15, 0.2) is 0 Å². The van der Waals surface area contributed by atoms with E-state index in [1.165, 1.54) is 19.3 Å². The number of ether oxygens (including phenoxy) is 1. The molecule has 34 heavy (non-hydrogen) atoms. The number of nitrogens with zero attached hydrogens (tertiary/aromatic N) is 3. The minimum atomic E-state index is -0.415. The summed E-state index contributed by atoms with van der Waals surface area (Å²) in [4.78, 5) is 35.3. The smallest absolute Gasteiger partial charge is 0.416 e. The molecule has 4 rings (SSSR count). The highest BCUT2D eigenvalue weighted by Gasteiger charge is 2.34. The van der Waals surface area contributed by atoms with Crippen molar-refractivity contribution in [1.82, 2.24) is 15.3 Å². The molecular formula is C26H33N5O3. The van der Waals surface area contributed by atoms with E-state index in [1.54, 1.807) is 17.2 Å². The molecule has 2 N–H and O–H groups in total. The molecule has 1 saturated heterocycles. The van der Waals surface area contributed by atoms with Crippen LogP contribution in [0.3, 0.4) is 0 Å². The number of anilines is 2. The number of nitrogens with one attached hydrogen (secondary N) is 2. The summed E-state index contributed by atoms with van der Waals surface area (Å²) < 4.78 is 5.23. The summed E-state index contributed by atoms with van der Waals surface area (Å²) >= 11 is 0. The predicted molar refractivity (Wildman–Crippen MR) is 132 cm³/mol. The molecule has 1 aromatic carbocycles. The van der Waals surface area contributed by atoms with Gasteiger partial charge < -0.3 is 15.4 Å². The van der Waals surface area contributed by atoms with Gasteiger partial charge in [-0.3, -0.25) is 9.69 Å². The van der Waals surface area contributed by atoms with Gasteiger partial charge in [0.1, 0.15) is 12.4 Å². The van der Waals surface area contributed by atoms with Crippen molar-refractivity contribution in [3.63, 3.8) is 0 Å².